The largest absolute Gasteiger partial charge is 0.494 e. The number of fused-ring (bicyclic) bond motifs is 2. The lowest BCUT2D eigenvalue weighted by Gasteiger charge is -2.41. The lowest BCUT2D eigenvalue weighted by molar-refractivity contribution is 0.0489. The number of hydrogen-bond acceptors (Lipinski definition) is 8. The molecule has 0 atom stereocenters. The van der Waals surface area contributed by atoms with E-state index in [1.54, 1.807) is 15.6 Å². The minimum Gasteiger partial charge on any atom is -0.494 e. The molecule has 2 aromatic heterocycles. The summed E-state index contributed by atoms with van der Waals surface area (Å²) in [6.07, 6.45) is 6.05. The van der Waals surface area contributed by atoms with E-state index in [0.717, 1.165) is 62.2 Å². The van der Waals surface area contributed by atoms with Gasteiger partial charge in [0.15, 0.2) is 11.5 Å². The standard InChI is InChI=1S/C33H46N6O5/c1-8-42-25-17-15-24(16-18-25)38(31(41)44-33(5,6)7)29-26-10-9-21-37(28(26)36-27-19-20-34-39(27)29)23-13-11-22(12-14-23)35-30(40)43-32(2,3)4/h15-20,22-23H,8-14,21H2,1-7H3,(H,35,40). The van der Waals surface area contributed by atoms with Gasteiger partial charge < -0.3 is 24.4 Å². The highest BCUT2D eigenvalue weighted by Crippen LogP contribution is 2.40. The average Bonchev–Trinajstić information content (AvgIpc) is 3.40. The molecule has 3 heterocycles. The van der Waals surface area contributed by atoms with E-state index < -0.39 is 17.3 Å². The number of rotatable bonds is 6. The van der Waals surface area contributed by atoms with Crippen LogP contribution in [0.5, 0.6) is 5.75 Å². The van der Waals surface area contributed by atoms with Crippen molar-refractivity contribution in [1.29, 1.82) is 0 Å². The molecule has 0 spiro atoms. The molecule has 1 fully saturated rings. The Bertz CT molecular complexity index is 1460. The molecule has 1 aliphatic heterocycles. The van der Waals surface area contributed by atoms with Gasteiger partial charge >= 0.3 is 12.2 Å². The van der Waals surface area contributed by atoms with Crippen LogP contribution in [0.4, 0.5) is 26.9 Å². The Labute approximate surface area is 259 Å². The van der Waals surface area contributed by atoms with E-state index in [1.807, 2.05) is 78.8 Å². The third kappa shape index (κ3) is 7.19. The van der Waals surface area contributed by atoms with Crippen molar-refractivity contribution in [2.24, 2.45) is 0 Å². The number of amides is 2. The summed E-state index contributed by atoms with van der Waals surface area (Å²) in [4.78, 5) is 35.4. The van der Waals surface area contributed by atoms with Gasteiger partial charge in [-0.25, -0.2) is 19.5 Å². The Morgan fingerprint density at radius 1 is 0.977 bits per heavy atom. The molecule has 0 unspecified atom stereocenters. The zero-order valence-corrected chi connectivity index (χ0v) is 27.1. The van der Waals surface area contributed by atoms with Crippen molar-refractivity contribution in [1.82, 2.24) is 19.9 Å². The lowest BCUT2D eigenvalue weighted by Crippen LogP contribution is -2.47. The van der Waals surface area contributed by atoms with Crippen molar-refractivity contribution in [2.75, 3.05) is 23.0 Å². The smallest absolute Gasteiger partial charge is 0.420 e. The Kier molecular flexibility index (Phi) is 8.95. The third-order valence-corrected chi connectivity index (χ3v) is 7.73. The highest BCUT2D eigenvalue weighted by molar-refractivity contribution is 5.97. The van der Waals surface area contributed by atoms with Gasteiger partial charge in [-0.3, -0.25) is 0 Å². The molecule has 2 amide bonds. The molecule has 1 aliphatic carbocycles. The fourth-order valence-electron chi connectivity index (χ4n) is 6.01. The van der Waals surface area contributed by atoms with Crippen LogP contribution in [0.15, 0.2) is 36.5 Å². The van der Waals surface area contributed by atoms with E-state index in [9.17, 15) is 9.59 Å². The SMILES string of the molecule is CCOc1ccc(N(C(=O)OC(C)(C)C)c2c3c(nc4ccnn24)N(C2CCC(NC(=O)OC(C)(C)C)CC2)CCC3)cc1. The molecule has 11 nitrogen and oxygen atoms in total. The predicted molar refractivity (Wildman–Crippen MR) is 170 cm³/mol. The first-order chi connectivity index (χ1) is 20.8. The third-order valence-electron chi connectivity index (χ3n) is 7.73. The van der Waals surface area contributed by atoms with Crippen molar-refractivity contribution >= 4 is 35.2 Å². The van der Waals surface area contributed by atoms with Crippen LogP contribution in [0.25, 0.3) is 5.65 Å². The maximum Gasteiger partial charge on any atom is 0.420 e. The number of anilines is 3. The maximum atomic E-state index is 14.0. The van der Waals surface area contributed by atoms with Crippen LogP contribution in [0.2, 0.25) is 0 Å². The molecule has 3 aromatic rings. The normalized spacial score (nSPS) is 18.8. The second-order valence-corrected chi connectivity index (χ2v) is 13.5. The number of nitrogens with one attached hydrogen (secondary N) is 1. The number of ether oxygens (including phenoxy) is 3. The van der Waals surface area contributed by atoms with Gasteiger partial charge in [0.05, 0.1) is 18.5 Å². The fraction of sp³-hybridized carbons (Fsp3) is 0.576. The Balaban J connectivity index is 1.49. The Morgan fingerprint density at radius 3 is 2.30 bits per heavy atom. The lowest BCUT2D eigenvalue weighted by atomic mass is 9.89. The van der Waals surface area contributed by atoms with Gasteiger partial charge in [-0.1, -0.05) is 0 Å². The minimum atomic E-state index is -0.699. The second-order valence-electron chi connectivity index (χ2n) is 13.5. The van der Waals surface area contributed by atoms with E-state index in [-0.39, 0.29) is 18.2 Å². The molecule has 238 valence electrons. The summed E-state index contributed by atoms with van der Waals surface area (Å²) in [5.41, 5.74) is 1.04. The van der Waals surface area contributed by atoms with Crippen LogP contribution in [-0.4, -0.2) is 63.2 Å². The number of hydrogen-bond donors (Lipinski definition) is 1. The van der Waals surface area contributed by atoms with Gasteiger partial charge in [-0.05, 0) is 111 Å². The van der Waals surface area contributed by atoms with E-state index in [4.69, 9.17) is 19.2 Å². The van der Waals surface area contributed by atoms with E-state index in [1.165, 1.54) is 0 Å². The highest BCUT2D eigenvalue weighted by Gasteiger charge is 2.36. The first-order valence-corrected chi connectivity index (χ1v) is 15.7. The molecule has 2 aliphatic rings. The summed E-state index contributed by atoms with van der Waals surface area (Å²) in [7, 11) is 0. The van der Waals surface area contributed by atoms with E-state index >= 15 is 0 Å². The first kappa shape index (κ1) is 31.4. The van der Waals surface area contributed by atoms with Gasteiger partial charge in [0.1, 0.15) is 22.8 Å². The number of carbonyl (C=O) groups excluding carboxylic acids is 2. The molecule has 1 aromatic carbocycles. The second kappa shape index (κ2) is 12.5. The monoisotopic (exact) mass is 606 g/mol. The molecular weight excluding hydrogens is 560 g/mol. The molecule has 0 bridgehead atoms. The van der Waals surface area contributed by atoms with Crippen LogP contribution in [0.1, 0.15) is 86.1 Å². The van der Waals surface area contributed by atoms with Gasteiger partial charge in [0.25, 0.3) is 0 Å². The van der Waals surface area contributed by atoms with Crippen molar-refractivity contribution < 1.29 is 23.8 Å². The van der Waals surface area contributed by atoms with Crippen LogP contribution < -0.4 is 19.9 Å². The van der Waals surface area contributed by atoms with E-state index in [2.05, 4.69) is 15.3 Å². The summed E-state index contributed by atoms with van der Waals surface area (Å²) in [5, 5.41) is 7.66. The number of nitrogens with zero attached hydrogens (tertiary/aromatic N) is 5. The van der Waals surface area contributed by atoms with Crippen molar-refractivity contribution in [3.63, 3.8) is 0 Å². The Morgan fingerprint density at radius 2 is 1.66 bits per heavy atom. The molecule has 1 saturated carbocycles. The average molecular weight is 607 g/mol. The molecule has 44 heavy (non-hydrogen) atoms. The molecular formula is C33H46N6O5. The number of aromatic nitrogens is 3. The quantitative estimate of drug-likeness (QED) is 0.327. The zero-order chi connectivity index (χ0) is 31.6. The maximum absolute atomic E-state index is 14.0. The Hall–Kier alpha value is -4.02. The first-order valence-electron chi connectivity index (χ1n) is 15.7. The number of alkyl carbamates (subject to hydrolysis) is 1. The van der Waals surface area contributed by atoms with Crippen LogP contribution >= 0.6 is 0 Å². The van der Waals surface area contributed by atoms with Gasteiger partial charge in [-0.15, -0.1) is 0 Å². The topological polar surface area (TPSA) is 111 Å². The van der Waals surface area contributed by atoms with Gasteiger partial charge in [0.2, 0.25) is 0 Å². The molecule has 0 radical (unpaired) electrons. The summed E-state index contributed by atoms with van der Waals surface area (Å²) in [5.74, 6) is 2.24. The number of benzene rings is 1. The fourth-order valence-corrected chi connectivity index (χ4v) is 6.01. The van der Waals surface area contributed by atoms with Crippen LogP contribution in [-0.2, 0) is 15.9 Å². The highest BCUT2D eigenvalue weighted by atomic mass is 16.6. The summed E-state index contributed by atoms with van der Waals surface area (Å²) >= 11 is 0. The zero-order valence-electron chi connectivity index (χ0n) is 27.1. The van der Waals surface area contributed by atoms with Gasteiger partial charge in [-0.2, -0.15) is 9.61 Å². The number of carbonyl (C=O) groups is 2. The molecule has 0 saturated heterocycles. The van der Waals surface area contributed by atoms with Gasteiger partial charge in [0, 0.05) is 30.3 Å². The summed E-state index contributed by atoms with van der Waals surface area (Å²) < 4.78 is 18.8. The molecule has 1 N–H and O–H groups in total. The van der Waals surface area contributed by atoms with Crippen LogP contribution in [0, 0.1) is 0 Å². The molecule has 5 rings (SSSR count). The van der Waals surface area contributed by atoms with Crippen molar-refractivity contribution in [2.45, 2.75) is 110 Å². The van der Waals surface area contributed by atoms with Crippen LogP contribution in [0.3, 0.4) is 0 Å². The predicted octanol–water partition coefficient (Wildman–Crippen LogP) is 6.79. The summed E-state index contributed by atoms with van der Waals surface area (Å²) in [6.45, 7) is 14.6. The van der Waals surface area contributed by atoms with Crippen molar-refractivity contribution in [3.8, 4) is 5.75 Å². The van der Waals surface area contributed by atoms with E-state index in [0.29, 0.717) is 23.8 Å². The molecule has 11 heteroatoms. The van der Waals surface area contributed by atoms with Crippen molar-refractivity contribution in [3.05, 3.63) is 42.1 Å². The minimum absolute atomic E-state index is 0.0773. The summed E-state index contributed by atoms with van der Waals surface area (Å²) in [6, 6.07) is 9.67.